The van der Waals surface area contributed by atoms with E-state index in [0.29, 0.717) is 16.4 Å². The summed E-state index contributed by atoms with van der Waals surface area (Å²) in [5, 5.41) is 6.65. The number of amides is 1. The number of halogens is 1. The minimum absolute atomic E-state index is 0.356. The maximum Gasteiger partial charge on any atom is 0.269 e. The number of carbonyl (C=O) groups excluding carboxylic acids is 1. The smallest absolute Gasteiger partial charge is 0.269 e. The van der Waals surface area contributed by atoms with Gasteiger partial charge < -0.3 is 10.6 Å². The molecule has 0 bridgehead atoms. The summed E-state index contributed by atoms with van der Waals surface area (Å²) < 4.78 is 12.9. The quantitative estimate of drug-likeness (QED) is 0.391. The van der Waals surface area contributed by atoms with Crippen molar-refractivity contribution in [3.05, 3.63) is 90.2 Å². The van der Waals surface area contributed by atoms with E-state index in [2.05, 4.69) is 21.5 Å². The average Bonchev–Trinajstić information content (AvgIpc) is 2.68. The molecule has 0 aliphatic carbocycles. The molecule has 0 unspecified atom stereocenters. The van der Waals surface area contributed by atoms with Crippen LogP contribution in [0.1, 0.15) is 10.4 Å². The molecule has 136 valence electrons. The summed E-state index contributed by atoms with van der Waals surface area (Å²) in [6, 6.07) is 22.2. The number of anilines is 3. The Kier molecular flexibility index (Phi) is 5.96. The summed E-state index contributed by atoms with van der Waals surface area (Å²) in [6.07, 6.45) is 0. The molecule has 3 aromatic carbocycles. The van der Waals surface area contributed by atoms with Crippen LogP contribution in [-0.2, 0) is 0 Å². The summed E-state index contributed by atoms with van der Waals surface area (Å²) in [6.45, 7) is 0. The van der Waals surface area contributed by atoms with Gasteiger partial charge in [0.2, 0.25) is 0 Å². The normalized spacial score (nSPS) is 9.96. The fourth-order valence-electron chi connectivity index (χ4n) is 2.25. The third-order valence-electron chi connectivity index (χ3n) is 3.60. The maximum atomic E-state index is 12.9. The van der Waals surface area contributed by atoms with Crippen LogP contribution in [0.2, 0.25) is 0 Å². The second-order valence-electron chi connectivity index (χ2n) is 5.61. The zero-order valence-corrected chi connectivity index (χ0v) is 15.0. The van der Waals surface area contributed by atoms with Gasteiger partial charge in [0.15, 0.2) is 5.11 Å². The van der Waals surface area contributed by atoms with Gasteiger partial charge >= 0.3 is 0 Å². The molecular weight excluding hydrogens is 363 g/mol. The molecule has 0 fully saturated rings. The molecule has 0 spiro atoms. The number of para-hydroxylation sites is 1. The SMILES string of the molecule is O=C(NNc1ccc(NC(=S)Nc2ccccc2)cc1)c1ccc(F)cc1. The molecule has 7 heteroatoms. The first kappa shape index (κ1) is 18.3. The van der Waals surface area contributed by atoms with Crippen LogP contribution >= 0.6 is 12.2 Å². The molecule has 27 heavy (non-hydrogen) atoms. The van der Waals surface area contributed by atoms with E-state index < -0.39 is 0 Å². The van der Waals surface area contributed by atoms with Crippen molar-refractivity contribution in [2.45, 2.75) is 0 Å². The van der Waals surface area contributed by atoms with E-state index >= 15 is 0 Å². The van der Waals surface area contributed by atoms with Gasteiger partial charge in [-0.1, -0.05) is 18.2 Å². The Morgan fingerprint density at radius 2 is 1.30 bits per heavy atom. The number of hydrogen-bond acceptors (Lipinski definition) is 3. The highest BCUT2D eigenvalue weighted by Gasteiger charge is 2.05. The van der Waals surface area contributed by atoms with Crippen LogP contribution in [0.25, 0.3) is 0 Å². The highest BCUT2D eigenvalue weighted by Crippen LogP contribution is 2.14. The molecule has 0 saturated heterocycles. The topological polar surface area (TPSA) is 65.2 Å². The lowest BCUT2D eigenvalue weighted by Crippen LogP contribution is -2.29. The van der Waals surface area contributed by atoms with Crippen LogP contribution in [-0.4, -0.2) is 11.0 Å². The highest BCUT2D eigenvalue weighted by atomic mass is 32.1. The molecule has 0 aromatic heterocycles. The predicted octanol–water partition coefficient (Wildman–Crippen LogP) is 4.39. The first-order valence-corrected chi connectivity index (χ1v) is 8.56. The van der Waals surface area contributed by atoms with Crippen molar-refractivity contribution in [3.63, 3.8) is 0 Å². The van der Waals surface area contributed by atoms with E-state index in [9.17, 15) is 9.18 Å². The predicted molar refractivity (Wildman–Crippen MR) is 110 cm³/mol. The van der Waals surface area contributed by atoms with Crippen LogP contribution in [0.4, 0.5) is 21.5 Å². The number of hydrazine groups is 1. The second-order valence-corrected chi connectivity index (χ2v) is 6.02. The number of hydrogen-bond donors (Lipinski definition) is 4. The van der Waals surface area contributed by atoms with Gasteiger partial charge in [-0.2, -0.15) is 0 Å². The van der Waals surface area contributed by atoms with E-state index in [-0.39, 0.29) is 11.7 Å². The number of rotatable bonds is 5. The van der Waals surface area contributed by atoms with Crippen molar-refractivity contribution in [1.29, 1.82) is 0 Å². The zero-order chi connectivity index (χ0) is 19.1. The lowest BCUT2D eigenvalue weighted by molar-refractivity contribution is 0.0962. The Morgan fingerprint density at radius 3 is 1.93 bits per heavy atom. The monoisotopic (exact) mass is 380 g/mol. The van der Waals surface area contributed by atoms with E-state index in [0.717, 1.165) is 11.4 Å². The summed E-state index contributed by atoms with van der Waals surface area (Å²) in [5.74, 6) is -0.743. The van der Waals surface area contributed by atoms with E-state index in [1.165, 1.54) is 24.3 Å². The zero-order valence-electron chi connectivity index (χ0n) is 14.2. The highest BCUT2D eigenvalue weighted by molar-refractivity contribution is 7.80. The third kappa shape index (κ3) is 5.52. The molecule has 3 aromatic rings. The Labute approximate surface area is 161 Å². The molecule has 0 saturated carbocycles. The summed E-state index contributed by atoms with van der Waals surface area (Å²) in [5.41, 5.74) is 8.12. The Morgan fingerprint density at radius 1 is 0.741 bits per heavy atom. The Hall–Kier alpha value is -3.45. The van der Waals surface area contributed by atoms with Crippen molar-refractivity contribution in [1.82, 2.24) is 5.43 Å². The van der Waals surface area contributed by atoms with Crippen LogP contribution in [0.5, 0.6) is 0 Å². The molecule has 1 amide bonds. The molecule has 0 atom stereocenters. The van der Waals surface area contributed by atoms with Gasteiger partial charge in [-0.05, 0) is 72.9 Å². The van der Waals surface area contributed by atoms with Crippen LogP contribution in [0, 0.1) is 5.82 Å². The van der Waals surface area contributed by atoms with Gasteiger partial charge in [0.25, 0.3) is 5.91 Å². The standard InChI is InChI=1S/C20H17FN4OS/c21-15-8-6-14(7-9-15)19(26)25-24-18-12-10-17(11-13-18)23-20(27)22-16-4-2-1-3-5-16/h1-13,24H,(H,25,26)(H2,22,23,27). The molecule has 0 aliphatic heterocycles. The number of nitrogens with one attached hydrogen (secondary N) is 4. The fourth-order valence-corrected chi connectivity index (χ4v) is 2.49. The number of benzene rings is 3. The first-order chi connectivity index (χ1) is 13.1. The third-order valence-corrected chi connectivity index (χ3v) is 3.81. The minimum atomic E-state index is -0.387. The van der Waals surface area contributed by atoms with Crippen molar-refractivity contribution in [2.75, 3.05) is 16.1 Å². The number of carbonyl (C=O) groups is 1. The Balaban J connectivity index is 1.50. The fraction of sp³-hybridized carbons (Fsp3) is 0. The Bertz CT molecular complexity index is 915. The summed E-state index contributed by atoms with van der Waals surface area (Å²) >= 11 is 5.28. The molecule has 0 aliphatic rings. The largest absolute Gasteiger partial charge is 0.332 e. The van der Waals surface area contributed by atoms with Gasteiger partial charge in [0.1, 0.15) is 5.82 Å². The molecule has 0 radical (unpaired) electrons. The van der Waals surface area contributed by atoms with Gasteiger partial charge in [-0.25, -0.2) is 4.39 Å². The van der Waals surface area contributed by atoms with E-state index in [1.54, 1.807) is 12.1 Å². The van der Waals surface area contributed by atoms with Crippen molar-refractivity contribution in [3.8, 4) is 0 Å². The summed E-state index contributed by atoms with van der Waals surface area (Å²) in [4.78, 5) is 12.0. The van der Waals surface area contributed by atoms with Gasteiger partial charge in [0, 0.05) is 16.9 Å². The number of thiocarbonyl (C=S) groups is 1. The van der Waals surface area contributed by atoms with Crippen LogP contribution < -0.4 is 21.5 Å². The molecule has 3 rings (SSSR count). The van der Waals surface area contributed by atoms with Crippen molar-refractivity contribution >= 4 is 40.3 Å². The van der Waals surface area contributed by atoms with Crippen LogP contribution in [0.3, 0.4) is 0 Å². The van der Waals surface area contributed by atoms with Gasteiger partial charge in [-0.15, -0.1) is 0 Å². The second kappa shape index (κ2) is 8.77. The molecular formula is C20H17FN4OS. The van der Waals surface area contributed by atoms with Crippen molar-refractivity contribution in [2.24, 2.45) is 0 Å². The maximum absolute atomic E-state index is 12.9. The molecule has 0 heterocycles. The van der Waals surface area contributed by atoms with E-state index in [4.69, 9.17) is 12.2 Å². The molecule has 4 N–H and O–H groups in total. The van der Waals surface area contributed by atoms with Gasteiger partial charge in [-0.3, -0.25) is 15.6 Å². The lowest BCUT2D eigenvalue weighted by atomic mass is 10.2. The van der Waals surface area contributed by atoms with Crippen LogP contribution in [0.15, 0.2) is 78.9 Å². The minimum Gasteiger partial charge on any atom is -0.332 e. The average molecular weight is 380 g/mol. The summed E-state index contributed by atoms with van der Waals surface area (Å²) in [7, 11) is 0. The van der Waals surface area contributed by atoms with Gasteiger partial charge in [0.05, 0.1) is 5.69 Å². The lowest BCUT2D eigenvalue weighted by Gasteiger charge is -2.12. The first-order valence-electron chi connectivity index (χ1n) is 8.15. The molecule has 5 nitrogen and oxygen atoms in total. The van der Waals surface area contributed by atoms with E-state index in [1.807, 2.05) is 42.5 Å². The van der Waals surface area contributed by atoms with Crippen molar-refractivity contribution < 1.29 is 9.18 Å².